The first-order chi connectivity index (χ1) is 22.7. The Morgan fingerprint density at radius 2 is 1.31 bits per heavy atom. The average Bonchev–Trinajstić information content (AvgIpc) is 3.70. The lowest BCUT2D eigenvalue weighted by atomic mass is 9.64. The number of aromatic nitrogens is 4. The number of hydrogen-bond acceptors (Lipinski definition) is 6. The molecule has 8 rings (SSSR count). The van der Waals surface area contributed by atoms with E-state index in [9.17, 15) is 9.59 Å². The molecule has 248 valence electrons. The van der Waals surface area contributed by atoms with Crippen LogP contribution in [-0.2, 0) is 15.0 Å². The van der Waals surface area contributed by atoms with Crippen molar-refractivity contribution in [1.82, 2.24) is 19.6 Å². The molecule has 2 N–H and O–H groups in total. The number of rotatable bonds is 4. The molecule has 5 unspecified atom stereocenters. The van der Waals surface area contributed by atoms with Crippen LogP contribution in [0.2, 0.25) is 0 Å². The molecule has 2 aliphatic carbocycles. The molecule has 10 nitrogen and oxygen atoms in total. The molecule has 48 heavy (non-hydrogen) atoms. The van der Waals surface area contributed by atoms with Crippen LogP contribution in [0.4, 0.5) is 23.0 Å². The molecule has 1 spiro atoms. The van der Waals surface area contributed by atoms with Crippen LogP contribution in [0, 0.1) is 25.7 Å². The van der Waals surface area contributed by atoms with Crippen LogP contribution in [0.5, 0.6) is 0 Å². The second kappa shape index (κ2) is 9.84. The van der Waals surface area contributed by atoms with E-state index in [-0.39, 0.29) is 34.2 Å². The Hall–Kier alpha value is -4.86. The van der Waals surface area contributed by atoms with Crippen LogP contribution in [0.15, 0.2) is 55.1 Å². The van der Waals surface area contributed by atoms with Crippen molar-refractivity contribution >= 4 is 40.4 Å². The lowest BCUT2D eigenvalue weighted by Gasteiger charge is -2.47. The molecule has 10 heteroatoms. The highest BCUT2D eigenvalue weighted by atomic mass is 16.2. The smallest absolute Gasteiger partial charge is 0.221 e. The van der Waals surface area contributed by atoms with Gasteiger partial charge < -0.3 is 20.4 Å². The van der Waals surface area contributed by atoms with Crippen LogP contribution in [0.25, 0.3) is 16.9 Å². The molecule has 2 aliphatic heterocycles. The Morgan fingerprint density at radius 3 is 1.85 bits per heavy atom. The standard InChI is InChI=1S/C38H44N8O2/c1-21-30-18-38(44(9)34-32(21)22(2)41-45(34)28-14-10-26(11-15-28)39-24(4)47)20-36(6)19-31(38)37(30,7)33-23(3)42-46(35(33)43(36)8)29-16-12-27(13-17-29)40-25(5)48/h10-17,30-31H,1,18-20H2,2-9H3,(H,39,47)(H,40,48). The van der Waals surface area contributed by atoms with Crippen LogP contribution < -0.4 is 20.4 Å². The Bertz CT molecular complexity index is 2040. The van der Waals surface area contributed by atoms with Crippen molar-refractivity contribution in [3.63, 3.8) is 0 Å². The molecule has 2 aromatic heterocycles. The summed E-state index contributed by atoms with van der Waals surface area (Å²) >= 11 is 0. The van der Waals surface area contributed by atoms with Crippen molar-refractivity contribution in [3.05, 3.63) is 77.6 Å². The highest BCUT2D eigenvalue weighted by Gasteiger charge is 2.73. The molecule has 2 saturated carbocycles. The number of hydrogen-bond donors (Lipinski definition) is 2. The predicted octanol–water partition coefficient (Wildman–Crippen LogP) is 6.39. The van der Waals surface area contributed by atoms with Crippen molar-refractivity contribution in [1.29, 1.82) is 0 Å². The Labute approximate surface area is 281 Å². The van der Waals surface area contributed by atoms with Crippen molar-refractivity contribution in [3.8, 4) is 11.4 Å². The van der Waals surface area contributed by atoms with Gasteiger partial charge in [0.1, 0.15) is 11.6 Å². The van der Waals surface area contributed by atoms with Gasteiger partial charge in [0.2, 0.25) is 11.8 Å². The molecular weight excluding hydrogens is 600 g/mol. The number of fused-ring (bicyclic) bond motifs is 6. The third-order valence-corrected chi connectivity index (χ3v) is 12.3. The zero-order chi connectivity index (χ0) is 34.1. The number of nitrogens with one attached hydrogen (secondary N) is 2. The number of allylic oxidation sites excluding steroid dienone is 1. The Balaban J connectivity index is 1.30. The number of carbonyl (C=O) groups excluding carboxylic acids is 2. The number of nitrogens with zero attached hydrogens (tertiary/aromatic N) is 6. The van der Waals surface area contributed by atoms with Gasteiger partial charge >= 0.3 is 0 Å². The molecule has 4 aliphatic rings. The van der Waals surface area contributed by atoms with Crippen LogP contribution in [-0.4, -0.2) is 56.5 Å². The second-order valence-electron chi connectivity index (χ2n) is 15.1. The molecule has 0 saturated heterocycles. The molecule has 4 heterocycles. The molecule has 2 fully saturated rings. The van der Waals surface area contributed by atoms with E-state index in [1.54, 1.807) is 0 Å². The first kappa shape index (κ1) is 30.5. The first-order valence-electron chi connectivity index (χ1n) is 16.8. The van der Waals surface area contributed by atoms with Crippen molar-refractivity contribution in [2.75, 3.05) is 34.5 Å². The lowest BCUT2D eigenvalue weighted by molar-refractivity contribution is -0.115. The first-order valence-corrected chi connectivity index (χ1v) is 16.8. The molecule has 5 atom stereocenters. The third kappa shape index (κ3) is 3.85. The van der Waals surface area contributed by atoms with E-state index in [1.807, 2.05) is 48.5 Å². The van der Waals surface area contributed by atoms with E-state index in [1.165, 1.54) is 19.4 Å². The van der Waals surface area contributed by atoms with E-state index in [4.69, 9.17) is 16.8 Å². The van der Waals surface area contributed by atoms with Crippen LogP contribution in [0.3, 0.4) is 0 Å². The van der Waals surface area contributed by atoms with E-state index in [2.05, 4.69) is 71.6 Å². The van der Waals surface area contributed by atoms with Crippen molar-refractivity contribution in [2.24, 2.45) is 11.8 Å². The second-order valence-corrected chi connectivity index (χ2v) is 15.1. The van der Waals surface area contributed by atoms with Crippen LogP contribution in [0.1, 0.15) is 69.5 Å². The maximum atomic E-state index is 11.7. The molecule has 2 aromatic carbocycles. The van der Waals surface area contributed by atoms with E-state index >= 15 is 0 Å². The highest BCUT2D eigenvalue weighted by molar-refractivity contribution is 5.89. The third-order valence-electron chi connectivity index (χ3n) is 12.3. The summed E-state index contributed by atoms with van der Waals surface area (Å²) in [5.41, 5.74) is 8.61. The maximum absolute atomic E-state index is 11.7. The molecule has 0 radical (unpaired) electrons. The molecule has 2 amide bonds. The summed E-state index contributed by atoms with van der Waals surface area (Å²) in [6.45, 7) is 17.1. The zero-order valence-corrected chi connectivity index (χ0v) is 29.1. The summed E-state index contributed by atoms with van der Waals surface area (Å²) in [7, 11) is 4.52. The van der Waals surface area contributed by atoms with Crippen LogP contribution >= 0.6 is 0 Å². The minimum atomic E-state index is -0.214. The summed E-state index contributed by atoms with van der Waals surface area (Å²) in [6, 6.07) is 15.9. The van der Waals surface area contributed by atoms with Gasteiger partial charge in [-0.2, -0.15) is 10.2 Å². The highest BCUT2D eigenvalue weighted by Crippen LogP contribution is 2.73. The molecule has 4 aromatic rings. The van der Waals surface area contributed by atoms with Gasteiger partial charge in [-0.05, 0) is 106 Å². The van der Waals surface area contributed by atoms with Gasteiger partial charge in [-0.3, -0.25) is 9.59 Å². The Kier molecular flexibility index (Phi) is 6.25. The SMILES string of the molecule is C=C1c2c(C)nn(-c3ccc(NC(C)=O)cc3)c2N(C)C23CC1C1(C)c4c(C)nn(-c5ccc(NC(C)=O)cc5)c4N(C)C(C)(CC12)C3. The lowest BCUT2D eigenvalue weighted by Crippen LogP contribution is -2.53. The normalized spacial score (nSPS) is 28.1. The minimum Gasteiger partial charge on any atom is -0.354 e. The maximum Gasteiger partial charge on any atom is 0.221 e. The topological polar surface area (TPSA) is 100 Å². The van der Waals surface area contributed by atoms with Gasteiger partial charge in [-0.25, -0.2) is 9.36 Å². The Morgan fingerprint density at radius 1 is 0.792 bits per heavy atom. The van der Waals surface area contributed by atoms with Gasteiger partial charge in [0.25, 0.3) is 0 Å². The fraction of sp³-hybridized carbons (Fsp3) is 0.421. The van der Waals surface area contributed by atoms with E-state index in [0.29, 0.717) is 5.92 Å². The predicted molar refractivity (Wildman–Crippen MR) is 190 cm³/mol. The summed E-state index contributed by atoms with van der Waals surface area (Å²) < 4.78 is 4.20. The van der Waals surface area contributed by atoms with E-state index in [0.717, 1.165) is 76.2 Å². The summed E-state index contributed by atoms with van der Waals surface area (Å²) in [6.07, 6.45) is 3.06. The zero-order valence-electron chi connectivity index (χ0n) is 29.1. The number of benzene rings is 2. The van der Waals surface area contributed by atoms with Gasteiger partial charge in [0.05, 0.1) is 22.8 Å². The molecular formula is C38H44N8O2. The van der Waals surface area contributed by atoms with Gasteiger partial charge in [0.15, 0.2) is 0 Å². The monoisotopic (exact) mass is 644 g/mol. The number of amides is 2. The van der Waals surface area contributed by atoms with E-state index < -0.39 is 0 Å². The minimum absolute atomic E-state index is 0.0886. The summed E-state index contributed by atoms with van der Waals surface area (Å²) in [4.78, 5) is 28.4. The quantitative estimate of drug-likeness (QED) is 0.267. The number of carbonyl (C=O) groups is 2. The fourth-order valence-electron chi connectivity index (χ4n) is 10.3. The molecule has 4 bridgehead atoms. The largest absolute Gasteiger partial charge is 0.354 e. The van der Waals surface area contributed by atoms with Gasteiger partial charge in [-0.15, -0.1) is 0 Å². The van der Waals surface area contributed by atoms with Gasteiger partial charge in [-0.1, -0.05) is 13.5 Å². The van der Waals surface area contributed by atoms with Crippen molar-refractivity contribution < 1.29 is 9.59 Å². The summed E-state index contributed by atoms with van der Waals surface area (Å²) in [5.74, 6) is 2.61. The van der Waals surface area contributed by atoms with Gasteiger partial charge in [0, 0.05) is 66.9 Å². The average molecular weight is 645 g/mol. The number of aryl methyl sites for hydroxylation is 2. The fourth-order valence-corrected chi connectivity index (χ4v) is 10.3. The number of anilines is 4. The summed E-state index contributed by atoms with van der Waals surface area (Å²) in [5, 5.41) is 16.2. The van der Waals surface area contributed by atoms with Crippen molar-refractivity contribution in [2.45, 2.75) is 77.3 Å².